The van der Waals surface area contributed by atoms with Crippen LogP contribution in [0, 0.1) is 6.92 Å². The standard InChI is InChI=1S/C12H15BrN2O/c1-8-5-6-10(13)11(7-8)15-12(16)14-9-3-2-4-9/h5-7,9H,2-4H2,1H3,(H2,14,15,16). The summed E-state index contributed by atoms with van der Waals surface area (Å²) in [4.78, 5) is 11.6. The van der Waals surface area contributed by atoms with E-state index >= 15 is 0 Å². The van der Waals surface area contributed by atoms with Gasteiger partial charge in [-0.1, -0.05) is 6.07 Å². The predicted molar refractivity (Wildman–Crippen MR) is 68.7 cm³/mol. The molecule has 0 aliphatic heterocycles. The minimum atomic E-state index is -0.115. The summed E-state index contributed by atoms with van der Waals surface area (Å²) in [6.45, 7) is 2.00. The third-order valence-corrected chi connectivity index (χ3v) is 3.50. The summed E-state index contributed by atoms with van der Waals surface area (Å²) in [5, 5.41) is 5.79. The molecule has 1 aromatic carbocycles. The molecule has 0 atom stereocenters. The average Bonchev–Trinajstić information content (AvgIpc) is 2.18. The number of benzene rings is 1. The van der Waals surface area contributed by atoms with Crippen molar-refractivity contribution >= 4 is 27.6 Å². The molecule has 16 heavy (non-hydrogen) atoms. The number of aryl methyl sites for hydroxylation is 1. The topological polar surface area (TPSA) is 41.1 Å². The molecule has 1 fully saturated rings. The first kappa shape index (κ1) is 11.5. The number of hydrogen-bond acceptors (Lipinski definition) is 1. The van der Waals surface area contributed by atoms with E-state index in [2.05, 4.69) is 26.6 Å². The van der Waals surface area contributed by atoms with Crippen molar-refractivity contribution < 1.29 is 4.79 Å². The fourth-order valence-corrected chi connectivity index (χ4v) is 1.98. The Morgan fingerprint density at radius 1 is 1.44 bits per heavy atom. The van der Waals surface area contributed by atoms with Crippen LogP contribution in [-0.2, 0) is 0 Å². The van der Waals surface area contributed by atoms with E-state index in [-0.39, 0.29) is 6.03 Å². The van der Waals surface area contributed by atoms with Gasteiger partial charge in [-0.15, -0.1) is 0 Å². The van der Waals surface area contributed by atoms with Crippen LogP contribution in [0.5, 0.6) is 0 Å². The number of nitrogens with one attached hydrogen (secondary N) is 2. The Labute approximate surface area is 104 Å². The van der Waals surface area contributed by atoms with Crippen LogP contribution < -0.4 is 10.6 Å². The van der Waals surface area contributed by atoms with Crippen LogP contribution >= 0.6 is 15.9 Å². The molecule has 86 valence electrons. The van der Waals surface area contributed by atoms with Crippen molar-refractivity contribution in [2.45, 2.75) is 32.2 Å². The molecule has 1 aliphatic rings. The van der Waals surface area contributed by atoms with Crippen molar-refractivity contribution in [3.63, 3.8) is 0 Å². The molecule has 1 aromatic rings. The lowest BCUT2D eigenvalue weighted by Gasteiger charge is -2.26. The number of rotatable bonds is 2. The number of hydrogen-bond donors (Lipinski definition) is 2. The van der Waals surface area contributed by atoms with Crippen molar-refractivity contribution in [3.8, 4) is 0 Å². The van der Waals surface area contributed by atoms with Crippen LogP contribution in [0.15, 0.2) is 22.7 Å². The Balaban J connectivity index is 1.96. The largest absolute Gasteiger partial charge is 0.335 e. The Morgan fingerprint density at radius 2 is 2.19 bits per heavy atom. The van der Waals surface area contributed by atoms with Gasteiger partial charge in [0, 0.05) is 10.5 Å². The molecular weight excluding hydrogens is 268 g/mol. The number of anilines is 1. The molecular formula is C12H15BrN2O. The zero-order chi connectivity index (χ0) is 11.5. The van der Waals surface area contributed by atoms with Gasteiger partial charge in [-0.2, -0.15) is 0 Å². The summed E-state index contributed by atoms with van der Waals surface area (Å²) in [6, 6.07) is 6.14. The fraction of sp³-hybridized carbons (Fsp3) is 0.417. The summed E-state index contributed by atoms with van der Waals surface area (Å²) in [6.07, 6.45) is 3.42. The molecule has 0 spiro atoms. The molecule has 0 unspecified atom stereocenters. The van der Waals surface area contributed by atoms with Gasteiger partial charge < -0.3 is 10.6 Å². The van der Waals surface area contributed by atoms with E-state index < -0.39 is 0 Å². The van der Waals surface area contributed by atoms with Gasteiger partial charge >= 0.3 is 6.03 Å². The lowest BCUT2D eigenvalue weighted by molar-refractivity contribution is 0.240. The molecule has 1 aliphatic carbocycles. The van der Waals surface area contributed by atoms with Crippen molar-refractivity contribution in [1.82, 2.24) is 5.32 Å². The normalized spacial score (nSPS) is 15.4. The molecule has 0 radical (unpaired) electrons. The van der Waals surface area contributed by atoms with E-state index in [0.717, 1.165) is 28.6 Å². The van der Waals surface area contributed by atoms with Gasteiger partial charge in [0.15, 0.2) is 0 Å². The maximum atomic E-state index is 11.6. The van der Waals surface area contributed by atoms with Gasteiger partial charge in [0.2, 0.25) is 0 Å². The predicted octanol–water partition coefficient (Wildman–Crippen LogP) is 3.43. The number of carbonyl (C=O) groups is 1. The first-order valence-corrected chi connectivity index (χ1v) is 6.28. The van der Waals surface area contributed by atoms with E-state index in [4.69, 9.17) is 0 Å². The second-order valence-electron chi connectivity index (χ2n) is 4.21. The molecule has 3 nitrogen and oxygen atoms in total. The highest BCUT2D eigenvalue weighted by atomic mass is 79.9. The highest BCUT2D eigenvalue weighted by molar-refractivity contribution is 9.10. The second-order valence-corrected chi connectivity index (χ2v) is 5.06. The van der Waals surface area contributed by atoms with Crippen molar-refractivity contribution in [1.29, 1.82) is 0 Å². The Hall–Kier alpha value is -1.03. The third kappa shape index (κ3) is 2.76. The Kier molecular flexibility index (Phi) is 3.49. The molecule has 0 aromatic heterocycles. The summed E-state index contributed by atoms with van der Waals surface area (Å²) in [7, 11) is 0. The molecule has 4 heteroatoms. The van der Waals surface area contributed by atoms with Gasteiger partial charge in [-0.25, -0.2) is 4.79 Å². The quantitative estimate of drug-likeness (QED) is 0.857. The molecule has 0 saturated heterocycles. The number of urea groups is 1. The monoisotopic (exact) mass is 282 g/mol. The average molecular weight is 283 g/mol. The SMILES string of the molecule is Cc1ccc(Br)c(NC(=O)NC2CCC2)c1. The molecule has 2 rings (SSSR count). The minimum Gasteiger partial charge on any atom is -0.335 e. The third-order valence-electron chi connectivity index (χ3n) is 2.81. The van der Waals surface area contributed by atoms with E-state index in [9.17, 15) is 4.79 Å². The van der Waals surface area contributed by atoms with Gasteiger partial charge in [-0.05, 0) is 59.8 Å². The van der Waals surface area contributed by atoms with Crippen LogP contribution in [0.1, 0.15) is 24.8 Å². The molecule has 2 amide bonds. The van der Waals surface area contributed by atoms with Gasteiger partial charge in [0.05, 0.1) is 5.69 Å². The van der Waals surface area contributed by atoms with Crippen LogP contribution in [0.4, 0.5) is 10.5 Å². The molecule has 0 heterocycles. The van der Waals surface area contributed by atoms with Gasteiger partial charge in [0.25, 0.3) is 0 Å². The van der Waals surface area contributed by atoms with Crippen molar-refractivity contribution in [2.24, 2.45) is 0 Å². The molecule has 1 saturated carbocycles. The molecule has 0 bridgehead atoms. The lowest BCUT2D eigenvalue weighted by atomic mass is 9.93. The Bertz CT molecular complexity index is 402. The highest BCUT2D eigenvalue weighted by Crippen LogP contribution is 2.23. The lowest BCUT2D eigenvalue weighted by Crippen LogP contribution is -2.41. The van der Waals surface area contributed by atoms with Gasteiger partial charge in [0.1, 0.15) is 0 Å². The smallest absolute Gasteiger partial charge is 0.319 e. The summed E-state index contributed by atoms with van der Waals surface area (Å²) < 4.78 is 0.904. The first-order chi connectivity index (χ1) is 7.65. The van der Waals surface area contributed by atoms with E-state index in [1.165, 1.54) is 6.42 Å². The van der Waals surface area contributed by atoms with Crippen LogP contribution in [0.25, 0.3) is 0 Å². The van der Waals surface area contributed by atoms with Crippen molar-refractivity contribution in [2.75, 3.05) is 5.32 Å². The number of carbonyl (C=O) groups excluding carboxylic acids is 1. The zero-order valence-electron chi connectivity index (χ0n) is 9.22. The maximum absolute atomic E-state index is 11.6. The number of halogens is 1. The van der Waals surface area contributed by atoms with Gasteiger partial charge in [-0.3, -0.25) is 0 Å². The van der Waals surface area contributed by atoms with E-state index in [1.54, 1.807) is 0 Å². The van der Waals surface area contributed by atoms with Crippen LogP contribution in [0.2, 0.25) is 0 Å². The maximum Gasteiger partial charge on any atom is 0.319 e. The number of amides is 2. The zero-order valence-corrected chi connectivity index (χ0v) is 10.8. The summed E-state index contributed by atoms with van der Waals surface area (Å²) in [5.74, 6) is 0. The highest BCUT2D eigenvalue weighted by Gasteiger charge is 2.19. The van der Waals surface area contributed by atoms with Crippen LogP contribution in [0.3, 0.4) is 0 Å². The Morgan fingerprint density at radius 3 is 2.81 bits per heavy atom. The van der Waals surface area contributed by atoms with E-state index in [0.29, 0.717) is 6.04 Å². The van der Waals surface area contributed by atoms with Crippen molar-refractivity contribution in [3.05, 3.63) is 28.2 Å². The second kappa shape index (κ2) is 4.87. The molecule has 2 N–H and O–H groups in total. The minimum absolute atomic E-state index is 0.115. The summed E-state index contributed by atoms with van der Waals surface area (Å²) >= 11 is 3.41. The van der Waals surface area contributed by atoms with Crippen LogP contribution in [-0.4, -0.2) is 12.1 Å². The summed E-state index contributed by atoms with van der Waals surface area (Å²) in [5.41, 5.74) is 1.94. The first-order valence-electron chi connectivity index (χ1n) is 5.49. The fourth-order valence-electron chi connectivity index (χ4n) is 1.63. The van der Waals surface area contributed by atoms with E-state index in [1.807, 2.05) is 25.1 Å².